The van der Waals surface area contributed by atoms with Crippen molar-refractivity contribution in [2.24, 2.45) is 0 Å². The fourth-order valence-corrected chi connectivity index (χ4v) is 3.57. The number of non-ortho nitro benzene ring substituents is 1. The highest BCUT2D eigenvalue weighted by molar-refractivity contribution is 7.89. The van der Waals surface area contributed by atoms with E-state index < -0.39 is 21.0 Å². The van der Waals surface area contributed by atoms with Crippen molar-refractivity contribution in [2.75, 3.05) is 0 Å². The Morgan fingerprint density at radius 2 is 1.58 bits per heavy atom. The first kappa shape index (κ1) is 18.1. The maximum Gasteiger partial charge on any atom is 0.270 e. The van der Waals surface area contributed by atoms with Gasteiger partial charge in [-0.05, 0) is 30.0 Å². The second-order valence-corrected chi connectivity index (χ2v) is 7.63. The standard InChI is InChI=1S/C17H20N2O4S/c1-12(2)14-7-9-15(10-8-14)13(3)18-24(22,23)17-6-4-5-16(11-17)19(20)21/h4-13,18H,1-3H3. The number of nitro groups is 1. The minimum absolute atomic E-state index is 0.123. The second kappa shape index (κ2) is 7.11. The van der Waals surface area contributed by atoms with Crippen molar-refractivity contribution in [3.05, 3.63) is 69.8 Å². The first-order chi connectivity index (χ1) is 11.2. The summed E-state index contributed by atoms with van der Waals surface area (Å²) in [5.74, 6) is 0.399. The molecule has 0 spiro atoms. The van der Waals surface area contributed by atoms with Crippen LogP contribution in [0.25, 0.3) is 0 Å². The molecule has 128 valence electrons. The Morgan fingerprint density at radius 1 is 1.00 bits per heavy atom. The Balaban J connectivity index is 2.22. The lowest BCUT2D eigenvalue weighted by Gasteiger charge is -2.15. The van der Waals surface area contributed by atoms with E-state index in [1.54, 1.807) is 6.92 Å². The van der Waals surface area contributed by atoms with Gasteiger partial charge < -0.3 is 0 Å². The Labute approximate surface area is 141 Å². The number of rotatable bonds is 6. The van der Waals surface area contributed by atoms with Gasteiger partial charge in [-0.15, -0.1) is 0 Å². The molecule has 0 saturated carbocycles. The van der Waals surface area contributed by atoms with E-state index in [0.717, 1.165) is 11.6 Å². The molecule has 0 aliphatic heterocycles. The summed E-state index contributed by atoms with van der Waals surface area (Å²) in [4.78, 5) is 10.1. The van der Waals surface area contributed by atoms with Crippen LogP contribution >= 0.6 is 0 Å². The Bertz CT molecular complexity index is 830. The summed E-state index contributed by atoms with van der Waals surface area (Å²) in [5, 5.41) is 10.8. The normalized spacial score (nSPS) is 13.0. The zero-order chi connectivity index (χ0) is 17.9. The molecule has 1 atom stereocenters. The highest BCUT2D eigenvalue weighted by Gasteiger charge is 2.20. The molecule has 2 aromatic rings. The molecule has 24 heavy (non-hydrogen) atoms. The van der Waals surface area contributed by atoms with E-state index in [9.17, 15) is 18.5 Å². The highest BCUT2D eigenvalue weighted by Crippen LogP contribution is 2.22. The summed E-state index contributed by atoms with van der Waals surface area (Å²) in [5.41, 5.74) is 1.74. The summed E-state index contributed by atoms with van der Waals surface area (Å²) < 4.78 is 27.4. The van der Waals surface area contributed by atoms with Crippen molar-refractivity contribution in [1.82, 2.24) is 4.72 Å². The molecule has 0 amide bonds. The zero-order valence-electron chi connectivity index (χ0n) is 13.8. The third-order valence-electron chi connectivity index (χ3n) is 3.77. The molecule has 0 saturated heterocycles. The SMILES string of the molecule is CC(C)c1ccc(C(C)NS(=O)(=O)c2cccc([N+](=O)[O-])c2)cc1. The molecule has 0 fully saturated rings. The molecular weight excluding hydrogens is 328 g/mol. The smallest absolute Gasteiger partial charge is 0.258 e. The van der Waals surface area contributed by atoms with Gasteiger partial charge in [-0.25, -0.2) is 13.1 Å². The molecule has 0 heterocycles. The van der Waals surface area contributed by atoms with Crippen molar-refractivity contribution in [2.45, 2.75) is 37.6 Å². The van der Waals surface area contributed by atoms with Crippen molar-refractivity contribution in [3.63, 3.8) is 0 Å². The molecule has 0 radical (unpaired) electrons. The first-order valence-electron chi connectivity index (χ1n) is 7.57. The average Bonchev–Trinajstić information content (AvgIpc) is 2.54. The van der Waals surface area contributed by atoms with E-state index in [1.165, 1.54) is 23.8 Å². The Morgan fingerprint density at radius 3 is 2.12 bits per heavy atom. The summed E-state index contributed by atoms with van der Waals surface area (Å²) in [6.45, 7) is 5.91. The minimum atomic E-state index is -3.84. The van der Waals surface area contributed by atoms with Crippen molar-refractivity contribution in [1.29, 1.82) is 0 Å². The molecule has 1 unspecified atom stereocenters. The van der Waals surface area contributed by atoms with Gasteiger partial charge in [-0.1, -0.05) is 44.2 Å². The predicted octanol–water partition coefficient (Wildman–Crippen LogP) is 3.76. The van der Waals surface area contributed by atoms with Crippen LogP contribution in [0, 0.1) is 10.1 Å². The molecule has 6 nitrogen and oxygen atoms in total. The third-order valence-corrected chi connectivity index (χ3v) is 5.31. The van der Waals surface area contributed by atoms with Crippen molar-refractivity contribution >= 4 is 15.7 Å². The van der Waals surface area contributed by atoms with Gasteiger partial charge in [-0.3, -0.25) is 10.1 Å². The second-order valence-electron chi connectivity index (χ2n) is 5.92. The Kier molecular flexibility index (Phi) is 5.36. The number of nitro benzene ring substituents is 1. The van der Waals surface area contributed by atoms with Crippen LogP contribution in [0.4, 0.5) is 5.69 Å². The largest absolute Gasteiger partial charge is 0.270 e. The van der Waals surface area contributed by atoms with Crippen molar-refractivity contribution in [3.8, 4) is 0 Å². The van der Waals surface area contributed by atoms with Gasteiger partial charge >= 0.3 is 0 Å². The summed E-state index contributed by atoms with van der Waals surface area (Å²) in [6.07, 6.45) is 0. The maximum absolute atomic E-state index is 12.4. The lowest BCUT2D eigenvalue weighted by Crippen LogP contribution is -2.27. The number of nitrogens with one attached hydrogen (secondary N) is 1. The molecule has 0 aliphatic rings. The number of hydrogen-bond donors (Lipinski definition) is 1. The molecule has 0 aromatic heterocycles. The summed E-state index contributed by atoms with van der Waals surface area (Å²) in [7, 11) is -3.84. The van der Waals surface area contributed by atoms with E-state index >= 15 is 0 Å². The van der Waals surface area contributed by atoms with Crippen LogP contribution in [0.3, 0.4) is 0 Å². The number of hydrogen-bond acceptors (Lipinski definition) is 4. The fourth-order valence-electron chi connectivity index (χ4n) is 2.30. The quantitative estimate of drug-likeness (QED) is 0.636. The molecule has 2 aromatic carbocycles. The number of nitrogens with zero attached hydrogens (tertiary/aromatic N) is 1. The topological polar surface area (TPSA) is 89.3 Å². The molecule has 7 heteroatoms. The zero-order valence-corrected chi connectivity index (χ0v) is 14.6. The van der Waals surface area contributed by atoms with Crippen LogP contribution < -0.4 is 4.72 Å². The molecule has 0 bridgehead atoms. The van der Waals surface area contributed by atoms with E-state index in [0.29, 0.717) is 5.92 Å². The highest BCUT2D eigenvalue weighted by atomic mass is 32.2. The van der Waals surface area contributed by atoms with Gasteiger partial charge in [0.1, 0.15) is 0 Å². The number of sulfonamides is 1. The van der Waals surface area contributed by atoms with Gasteiger partial charge in [0.15, 0.2) is 0 Å². The molecular formula is C17H20N2O4S. The van der Waals surface area contributed by atoms with Gasteiger partial charge in [0.05, 0.1) is 9.82 Å². The predicted molar refractivity (Wildman–Crippen MR) is 92.4 cm³/mol. The van der Waals surface area contributed by atoms with Crippen LogP contribution in [0.1, 0.15) is 43.9 Å². The molecule has 0 aliphatic carbocycles. The molecule has 1 N–H and O–H groups in total. The van der Waals surface area contributed by atoms with Crippen LogP contribution in [0.2, 0.25) is 0 Å². The van der Waals surface area contributed by atoms with Crippen molar-refractivity contribution < 1.29 is 13.3 Å². The van der Waals surface area contributed by atoms with Crippen LogP contribution in [0.15, 0.2) is 53.4 Å². The maximum atomic E-state index is 12.4. The van der Waals surface area contributed by atoms with E-state index in [-0.39, 0.29) is 10.6 Å². The van der Waals surface area contributed by atoms with E-state index in [1.807, 2.05) is 24.3 Å². The lowest BCUT2D eigenvalue weighted by molar-refractivity contribution is -0.385. The first-order valence-corrected chi connectivity index (χ1v) is 9.05. The summed E-state index contributed by atoms with van der Waals surface area (Å²) >= 11 is 0. The van der Waals surface area contributed by atoms with Gasteiger partial charge in [0, 0.05) is 18.2 Å². The van der Waals surface area contributed by atoms with Crippen LogP contribution in [0.5, 0.6) is 0 Å². The van der Waals surface area contributed by atoms with Gasteiger partial charge in [0.25, 0.3) is 5.69 Å². The fraction of sp³-hybridized carbons (Fsp3) is 0.294. The van der Waals surface area contributed by atoms with Crippen LogP contribution in [-0.2, 0) is 10.0 Å². The van der Waals surface area contributed by atoms with Crippen LogP contribution in [-0.4, -0.2) is 13.3 Å². The van der Waals surface area contributed by atoms with Gasteiger partial charge in [-0.2, -0.15) is 0 Å². The van der Waals surface area contributed by atoms with Gasteiger partial charge in [0.2, 0.25) is 10.0 Å². The monoisotopic (exact) mass is 348 g/mol. The lowest BCUT2D eigenvalue weighted by atomic mass is 10.00. The van der Waals surface area contributed by atoms with E-state index in [2.05, 4.69) is 18.6 Å². The number of benzene rings is 2. The molecule has 2 rings (SSSR count). The minimum Gasteiger partial charge on any atom is -0.258 e. The summed E-state index contributed by atoms with van der Waals surface area (Å²) in [6, 6.07) is 12.3. The Hall–Kier alpha value is -2.25. The van der Waals surface area contributed by atoms with E-state index in [4.69, 9.17) is 0 Å². The third kappa shape index (κ3) is 4.18. The average molecular weight is 348 g/mol.